The summed E-state index contributed by atoms with van der Waals surface area (Å²) in [6, 6.07) is 4.46. The van der Waals surface area contributed by atoms with Crippen molar-refractivity contribution in [1.29, 1.82) is 0 Å². The van der Waals surface area contributed by atoms with Crippen molar-refractivity contribution in [3.8, 4) is 11.5 Å². The maximum Gasteiger partial charge on any atom is 0.324 e. The van der Waals surface area contributed by atoms with Crippen LogP contribution in [0.25, 0.3) is 6.08 Å². The number of β-amino-alcohol motifs (C(OH)–C–C–N with tert-alkyl or cyclic N) is 1. The van der Waals surface area contributed by atoms with E-state index >= 15 is 0 Å². The Morgan fingerprint density at radius 1 is 1.30 bits per heavy atom. The van der Waals surface area contributed by atoms with Crippen LogP contribution in [0.3, 0.4) is 0 Å². The molecule has 0 bridgehead atoms. The Kier molecular flexibility index (Phi) is 7.24. The van der Waals surface area contributed by atoms with Gasteiger partial charge < -0.3 is 19.9 Å². The highest BCUT2D eigenvalue weighted by Crippen LogP contribution is 2.28. The van der Waals surface area contributed by atoms with Crippen LogP contribution in [0, 0.1) is 5.92 Å². The third-order valence-corrected chi connectivity index (χ3v) is 4.19. The molecule has 1 saturated heterocycles. The number of hydrogen-bond donors (Lipinski definition) is 2. The van der Waals surface area contributed by atoms with Crippen LogP contribution in [0.5, 0.6) is 11.5 Å². The minimum absolute atomic E-state index is 0.0643. The average Bonchev–Trinajstić information content (AvgIpc) is 2.87. The molecule has 2 atom stereocenters. The molecule has 7 heteroatoms. The van der Waals surface area contributed by atoms with Gasteiger partial charge in [0.05, 0.1) is 13.7 Å². The number of methoxy groups -OCH3 is 1. The van der Waals surface area contributed by atoms with E-state index < -0.39 is 18.2 Å². The zero-order chi connectivity index (χ0) is 20.0. The monoisotopic (exact) mass is 376 g/mol. The Labute approximate surface area is 159 Å². The smallest absolute Gasteiger partial charge is 0.324 e. The summed E-state index contributed by atoms with van der Waals surface area (Å²) in [5, 5.41) is 12.9. The minimum atomic E-state index is -1.00. The van der Waals surface area contributed by atoms with E-state index in [1.807, 2.05) is 45.1 Å². The molecule has 2 N–H and O–H groups in total. The number of nitrogens with one attached hydrogen (secondary N) is 1. The molecule has 1 heterocycles. The highest BCUT2D eigenvalue weighted by molar-refractivity contribution is 6.04. The third kappa shape index (κ3) is 5.47. The first-order chi connectivity index (χ1) is 12.8. The Bertz CT molecular complexity index is 702. The summed E-state index contributed by atoms with van der Waals surface area (Å²) in [4.78, 5) is 25.4. The molecule has 0 radical (unpaired) electrons. The molecule has 1 aliphatic rings. The lowest BCUT2D eigenvalue weighted by Gasteiger charge is -2.19. The van der Waals surface area contributed by atoms with Gasteiger partial charge in [0.15, 0.2) is 11.5 Å². The lowest BCUT2D eigenvalue weighted by Crippen LogP contribution is -2.40. The number of imide groups is 1. The molecule has 3 amide bonds. The Balaban J connectivity index is 1.93. The fourth-order valence-electron chi connectivity index (χ4n) is 2.93. The van der Waals surface area contributed by atoms with Crippen LogP contribution in [0.2, 0.25) is 0 Å². The molecule has 0 aromatic heterocycles. The van der Waals surface area contributed by atoms with Gasteiger partial charge in [0.1, 0.15) is 18.8 Å². The molecule has 0 saturated carbocycles. The predicted octanol–water partition coefficient (Wildman–Crippen LogP) is 2.43. The van der Waals surface area contributed by atoms with E-state index in [-0.39, 0.29) is 25.0 Å². The molecule has 0 spiro atoms. The number of carbonyl (C=O) groups is 2. The van der Waals surface area contributed by atoms with Crippen LogP contribution in [-0.2, 0) is 4.79 Å². The van der Waals surface area contributed by atoms with Crippen molar-refractivity contribution >= 4 is 18.0 Å². The van der Waals surface area contributed by atoms with Crippen molar-refractivity contribution in [3.63, 3.8) is 0 Å². The molecule has 2 unspecified atom stereocenters. The van der Waals surface area contributed by atoms with Crippen LogP contribution in [0.1, 0.15) is 32.8 Å². The van der Waals surface area contributed by atoms with Gasteiger partial charge in [-0.15, -0.1) is 0 Å². The fraction of sp³-hybridized carbons (Fsp3) is 0.500. The fourth-order valence-corrected chi connectivity index (χ4v) is 2.93. The molecule has 0 aliphatic carbocycles. The Hall–Kier alpha value is -2.54. The first kappa shape index (κ1) is 20.8. The van der Waals surface area contributed by atoms with Gasteiger partial charge >= 0.3 is 6.03 Å². The average molecular weight is 376 g/mol. The van der Waals surface area contributed by atoms with Crippen molar-refractivity contribution in [2.24, 2.45) is 5.92 Å². The quantitative estimate of drug-likeness (QED) is 0.646. The van der Waals surface area contributed by atoms with Crippen LogP contribution in [0.15, 0.2) is 24.3 Å². The van der Waals surface area contributed by atoms with E-state index in [0.717, 1.165) is 10.5 Å². The normalized spacial score (nSPS) is 18.3. The number of urea groups is 1. The molecule has 7 nitrogen and oxygen atoms in total. The molecule has 148 valence electrons. The Morgan fingerprint density at radius 2 is 2.04 bits per heavy atom. The number of benzene rings is 1. The van der Waals surface area contributed by atoms with Gasteiger partial charge in [0.2, 0.25) is 0 Å². The second kappa shape index (κ2) is 9.41. The summed E-state index contributed by atoms with van der Waals surface area (Å²) in [7, 11) is 1.54. The van der Waals surface area contributed by atoms with Crippen LogP contribution < -0.4 is 14.8 Å². The predicted molar refractivity (Wildman–Crippen MR) is 103 cm³/mol. The van der Waals surface area contributed by atoms with Crippen LogP contribution in [-0.4, -0.2) is 54.4 Å². The second-order valence-corrected chi connectivity index (χ2v) is 6.96. The van der Waals surface area contributed by atoms with Crippen molar-refractivity contribution in [3.05, 3.63) is 29.8 Å². The number of carbonyl (C=O) groups excluding carboxylic acids is 2. The first-order valence-corrected chi connectivity index (χ1v) is 9.09. The minimum Gasteiger partial charge on any atom is -0.493 e. The lowest BCUT2D eigenvalue weighted by molar-refractivity contribution is -0.128. The number of aliphatic hydroxyl groups is 1. The van der Waals surface area contributed by atoms with Gasteiger partial charge in [0, 0.05) is 0 Å². The zero-order valence-electron chi connectivity index (χ0n) is 16.3. The van der Waals surface area contributed by atoms with E-state index in [1.54, 1.807) is 13.2 Å². The summed E-state index contributed by atoms with van der Waals surface area (Å²) in [6.07, 6.45) is 3.43. The second-order valence-electron chi connectivity index (χ2n) is 6.96. The standard InChI is InChI=1S/C20H28N2O5/c1-5-6-14-7-8-17(18(10-14)26-4)27-12-15(23)11-22-19(24)16(9-13(2)3)21-20(22)25/h5-8,10,13,15-16,23H,9,11-12H2,1-4H3,(H,21,25). The summed E-state index contributed by atoms with van der Waals surface area (Å²) in [5.74, 6) is 1.01. The number of amides is 3. The highest BCUT2D eigenvalue weighted by atomic mass is 16.5. The first-order valence-electron chi connectivity index (χ1n) is 9.09. The molecular formula is C20H28N2O5. The van der Waals surface area contributed by atoms with Crippen molar-refractivity contribution < 1.29 is 24.2 Å². The topological polar surface area (TPSA) is 88.1 Å². The molecule has 1 fully saturated rings. The third-order valence-electron chi connectivity index (χ3n) is 4.19. The molecule has 1 aromatic rings. The van der Waals surface area contributed by atoms with Gasteiger partial charge in [-0.2, -0.15) is 0 Å². The number of hydrogen-bond acceptors (Lipinski definition) is 5. The largest absolute Gasteiger partial charge is 0.493 e. The number of ether oxygens (including phenoxy) is 2. The highest BCUT2D eigenvalue weighted by Gasteiger charge is 2.38. The number of nitrogens with zero attached hydrogens (tertiary/aromatic N) is 1. The zero-order valence-corrected chi connectivity index (χ0v) is 16.3. The summed E-state index contributed by atoms with van der Waals surface area (Å²) < 4.78 is 10.9. The van der Waals surface area contributed by atoms with E-state index in [0.29, 0.717) is 17.9 Å². The molecule has 2 rings (SSSR count). The maximum absolute atomic E-state index is 12.3. The molecule has 1 aliphatic heterocycles. The van der Waals surface area contributed by atoms with Crippen molar-refractivity contribution in [1.82, 2.24) is 10.2 Å². The SMILES string of the molecule is CC=Cc1ccc(OCC(O)CN2C(=O)NC(CC(C)C)C2=O)c(OC)c1. The number of aliphatic hydroxyl groups excluding tert-OH is 1. The van der Waals surface area contributed by atoms with Crippen LogP contribution in [0.4, 0.5) is 4.79 Å². The molecular weight excluding hydrogens is 348 g/mol. The summed E-state index contributed by atoms with van der Waals surface area (Å²) in [5.41, 5.74) is 0.970. The van der Waals surface area contributed by atoms with E-state index in [4.69, 9.17) is 9.47 Å². The summed E-state index contributed by atoms with van der Waals surface area (Å²) >= 11 is 0. The van der Waals surface area contributed by atoms with E-state index in [2.05, 4.69) is 5.32 Å². The van der Waals surface area contributed by atoms with Gasteiger partial charge in [0.25, 0.3) is 5.91 Å². The maximum atomic E-state index is 12.3. The van der Waals surface area contributed by atoms with Crippen molar-refractivity contribution in [2.75, 3.05) is 20.3 Å². The van der Waals surface area contributed by atoms with E-state index in [1.165, 1.54) is 0 Å². The van der Waals surface area contributed by atoms with Gasteiger partial charge in [-0.1, -0.05) is 32.1 Å². The lowest BCUT2D eigenvalue weighted by atomic mass is 10.0. The van der Waals surface area contributed by atoms with Gasteiger partial charge in [-0.3, -0.25) is 9.69 Å². The van der Waals surface area contributed by atoms with E-state index in [9.17, 15) is 14.7 Å². The van der Waals surface area contributed by atoms with Gasteiger partial charge in [-0.05, 0) is 37.0 Å². The Morgan fingerprint density at radius 3 is 2.67 bits per heavy atom. The van der Waals surface area contributed by atoms with Crippen molar-refractivity contribution in [2.45, 2.75) is 39.3 Å². The number of allylic oxidation sites excluding steroid dienone is 1. The number of rotatable bonds is 9. The molecule has 1 aromatic carbocycles. The molecule has 27 heavy (non-hydrogen) atoms. The summed E-state index contributed by atoms with van der Waals surface area (Å²) in [6.45, 7) is 5.72. The van der Waals surface area contributed by atoms with Gasteiger partial charge in [-0.25, -0.2) is 4.79 Å². The van der Waals surface area contributed by atoms with Crippen LogP contribution >= 0.6 is 0 Å².